The molecule has 8 heteroatoms. The number of rotatable bonds is 7. The number of carbonyl (C=O) groups is 1. The van der Waals surface area contributed by atoms with Crippen molar-refractivity contribution in [1.82, 2.24) is 4.31 Å². The summed E-state index contributed by atoms with van der Waals surface area (Å²) in [5.74, 6) is -0.261. The van der Waals surface area contributed by atoms with Crippen LogP contribution in [-0.2, 0) is 21.4 Å². The van der Waals surface area contributed by atoms with Crippen LogP contribution in [0.1, 0.15) is 5.56 Å². The number of sulfonamides is 1. The summed E-state index contributed by atoms with van der Waals surface area (Å²) in [7, 11) is -1.74. The number of carbonyl (C=O) groups excluding carboxylic acids is 1. The number of nitrogens with one attached hydrogen (secondary N) is 1. The fourth-order valence-electron chi connectivity index (χ4n) is 1.94. The molecule has 0 radical (unpaired) electrons. The van der Waals surface area contributed by atoms with Gasteiger partial charge in [0.05, 0.1) is 6.26 Å². The Morgan fingerprint density at radius 2 is 1.72 bits per heavy atom. The van der Waals surface area contributed by atoms with Crippen molar-refractivity contribution in [2.45, 2.75) is 6.54 Å². The van der Waals surface area contributed by atoms with Gasteiger partial charge in [0.15, 0.2) is 6.61 Å². The van der Waals surface area contributed by atoms with Gasteiger partial charge in [0.1, 0.15) is 11.6 Å². The molecule has 0 spiro atoms. The third-order valence-electron chi connectivity index (χ3n) is 3.39. The smallest absolute Gasteiger partial charge is 0.262 e. The van der Waals surface area contributed by atoms with Crippen LogP contribution in [0.4, 0.5) is 10.1 Å². The summed E-state index contributed by atoms with van der Waals surface area (Å²) in [5, 5.41) is 2.59. The Balaban J connectivity index is 1.84. The molecule has 0 aliphatic rings. The standard InChI is InChI=1S/C17H19FN2O4S/c1-20(25(2,22)23)11-13-3-9-16(10-4-13)24-12-17(21)19-15-7-5-14(18)6-8-15/h3-10H,11-12H2,1-2H3,(H,19,21). The van der Waals surface area contributed by atoms with E-state index in [1.54, 1.807) is 24.3 Å². The Bertz CT molecular complexity index is 821. The topological polar surface area (TPSA) is 75.7 Å². The van der Waals surface area contributed by atoms with Crippen LogP contribution in [-0.4, -0.2) is 38.5 Å². The lowest BCUT2D eigenvalue weighted by Gasteiger charge is -2.14. The second-order valence-electron chi connectivity index (χ2n) is 5.51. The maximum atomic E-state index is 12.8. The molecule has 0 unspecified atom stereocenters. The quantitative estimate of drug-likeness (QED) is 0.815. The van der Waals surface area contributed by atoms with E-state index in [1.807, 2.05) is 0 Å². The van der Waals surface area contributed by atoms with Gasteiger partial charge in [-0.15, -0.1) is 0 Å². The highest BCUT2D eigenvalue weighted by atomic mass is 32.2. The molecule has 0 aliphatic heterocycles. The van der Waals surface area contributed by atoms with E-state index in [-0.39, 0.29) is 24.9 Å². The number of nitrogens with zero attached hydrogens (tertiary/aromatic N) is 1. The van der Waals surface area contributed by atoms with E-state index in [9.17, 15) is 17.6 Å². The van der Waals surface area contributed by atoms with E-state index in [2.05, 4.69) is 5.32 Å². The van der Waals surface area contributed by atoms with Gasteiger partial charge >= 0.3 is 0 Å². The van der Waals surface area contributed by atoms with E-state index < -0.39 is 10.0 Å². The second kappa shape index (κ2) is 8.09. The maximum absolute atomic E-state index is 12.8. The first kappa shape index (κ1) is 18.9. The molecule has 2 aromatic rings. The van der Waals surface area contributed by atoms with Crippen molar-refractivity contribution < 1.29 is 22.3 Å². The molecular formula is C17H19FN2O4S. The van der Waals surface area contributed by atoms with Crippen molar-refractivity contribution >= 4 is 21.6 Å². The zero-order valence-electron chi connectivity index (χ0n) is 13.9. The van der Waals surface area contributed by atoms with Gasteiger partial charge in [0.25, 0.3) is 5.91 Å². The molecule has 0 aromatic heterocycles. The van der Waals surface area contributed by atoms with Gasteiger partial charge in [0.2, 0.25) is 10.0 Å². The molecule has 0 bridgehead atoms. The zero-order chi connectivity index (χ0) is 18.4. The van der Waals surface area contributed by atoms with E-state index in [1.165, 1.54) is 35.6 Å². The highest BCUT2D eigenvalue weighted by Gasteiger charge is 2.11. The van der Waals surface area contributed by atoms with Gasteiger partial charge in [-0.2, -0.15) is 0 Å². The van der Waals surface area contributed by atoms with Crippen LogP contribution in [0.3, 0.4) is 0 Å². The van der Waals surface area contributed by atoms with E-state index in [0.29, 0.717) is 11.4 Å². The summed E-state index contributed by atoms with van der Waals surface area (Å²) < 4.78 is 42.2. The molecule has 0 heterocycles. The van der Waals surface area contributed by atoms with E-state index in [0.717, 1.165) is 11.8 Å². The van der Waals surface area contributed by atoms with Gasteiger partial charge in [-0.05, 0) is 42.0 Å². The minimum Gasteiger partial charge on any atom is -0.484 e. The Kier molecular flexibility index (Phi) is 6.11. The molecule has 1 amide bonds. The minimum absolute atomic E-state index is 0.194. The van der Waals surface area contributed by atoms with Crippen LogP contribution in [0.15, 0.2) is 48.5 Å². The number of amides is 1. The third-order valence-corrected chi connectivity index (χ3v) is 4.65. The number of hydrogen-bond donors (Lipinski definition) is 1. The van der Waals surface area contributed by atoms with Gasteiger partial charge in [-0.3, -0.25) is 4.79 Å². The maximum Gasteiger partial charge on any atom is 0.262 e. The number of ether oxygens (including phenoxy) is 1. The van der Waals surface area contributed by atoms with Gasteiger partial charge in [-0.25, -0.2) is 17.1 Å². The summed E-state index contributed by atoms with van der Waals surface area (Å²) >= 11 is 0. The molecule has 0 aliphatic carbocycles. The molecule has 0 atom stereocenters. The molecular weight excluding hydrogens is 347 g/mol. The monoisotopic (exact) mass is 366 g/mol. The lowest BCUT2D eigenvalue weighted by molar-refractivity contribution is -0.118. The minimum atomic E-state index is -3.24. The highest BCUT2D eigenvalue weighted by Crippen LogP contribution is 2.14. The molecule has 6 nitrogen and oxygen atoms in total. The van der Waals surface area contributed by atoms with Crippen molar-refractivity contribution in [3.63, 3.8) is 0 Å². The van der Waals surface area contributed by atoms with Crippen molar-refractivity contribution in [1.29, 1.82) is 0 Å². The first-order chi connectivity index (χ1) is 11.7. The molecule has 2 rings (SSSR count). The molecule has 0 saturated carbocycles. The molecule has 1 N–H and O–H groups in total. The molecule has 2 aromatic carbocycles. The van der Waals surface area contributed by atoms with Crippen LogP contribution in [0.5, 0.6) is 5.75 Å². The SMILES string of the molecule is CN(Cc1ccc(OCC(=O)Nc2ccc(F)cc2)cc1)S(C)(=O)=O. The summed E-state index contributed by atoms with van der Waals surface area (Å²) in [4.78, 5) is 11.8. The van der Waals surface area contributed by atoms with Crippen molar-refractivity contribution in [2.24, 2.45) is 0 Å². The first-order valence-electron chi connectivity index (χ1n) is 7.42. The molecule has 134 valence electrons. The Labute approximate surface area is 146 Å². The fraction of sp³-hybridized carbons (Fsp3) is 0.235. The van der Waals surface area contributed by atoms with Crippen LogP contribution in [0.2, 0.25) is 0 Å². The lowest BCUT2D eigenvalue weighted by atomic mass is 10.2. The highest BCUT2D eigenvalue weighted by molar-refractivity contribution is 7.88. The van der Waals surface area contributed by atoms with Crippen molar-refractivity contribution in [2.75, 3.05) is 25.2 Å². The summed E-state index contributed by atoms with van der Waals surface area (Å²) in [6.45, 7) is 0.0597. The van der Waals surface area contributed by atoms with Crippen molar-refractivity contribution in [3.05, 3.63) is 59.9 Å². The molecule has 25 heavy (non-hydrogen) atoms. The number of benzene rings is 2. The van der Waals surface area contributed by atoms with E-state index in [4.69, 9.17) is 4.74 Å². The van der Waals surface area contributed by atoms with E-state index >= 15 is 0 Å². The van der Waals surface area contributed by atoms with Gasteiger partial charge < -0.3 is 10.1 Å². The summed E-state index contributed by atoms with van der Waals surface area (Å²) in [6, 6.07) is 12.2. The largest absolute Gasteiger partial charge is 0.484 e. The fourth-order valence-corrected chi connectivity index (χ4v) is 2.33. The number of anilines is 1. The Morgan fingerprint density at radius 3 is 2.28 bits per heavy atom. The Morgan fingerprint density at radius 1 is 1.12 bits per heavy atom. The normalized spacial score (nSPS) is 11.4. The summed E-state index contributed by atoms with van der Waals surface area (Å²) in [5.41, 5.74) is 1.28. The van der Waals surface area contributed by atoms with Crippen LogP contribution < -0.4 is 10.1 Å². The first-order valence-corrected chi connectivity index (χ1v) is 9.27. The number of hydrogen-bond acceptors (Lipinski definition) is 4. The summed E-state index contributed by atoms with van der Waals surface area (Å²) in [6.07, 6.45) is 1.14. The van der Waals surface area contributed by atoms with Crippen LogP contribution in [0.25, 0.3) is 0 Å². The van der Waals surface area contributed by atoms with Crippen LogP contribution >= 0.6 is 0 Å². The molecule has 0 saturated heterocycles. The predicted octanol–water partition coefficient (Wildman–Crippen LogP) is 2.23. The lowest BCUT2D eigenvalue weighted by Crippen LogP contribution is -2.24. The third kappa shape index (κ3) is 6.17. The average molecular weight is 366 g/mol. The number of halogens is 1. The Hall–Kier alpha value is -2.45. The predicted molar refractivity (Wildman–Crippen MR) is 93.3 cm³/mol. The van der Waals surface area contributed by atoms with Crippen molar-refractivity contribution in [3.8, 4) is 5.75 Å². The average Bonchev–Trinajstić information content (AvgIpc) is 2.55. The second-order valence-corrected chi connectivity index (χ2v) is 7.60. The zero-order valence-corrected chi connectivity index (χ0v) is 14.7. The van der Waals surface area contributed by atoms with Crippen LogP contribution in [0, 0.1) is 5.82 Å². The van der Waals surface area contributed by atoms with Gasteiger partial charge in [0, 0.05) is 19.3 Å². The van der Waals surface area contributed by atoms with Gasteiger partial charge in [-0.1, -0.05) is 12.1 Å². The molecule has 0 fully saturated rings.